The van der Waals surface area contributed by atoms with E-state index in [2.05, 4.69) is 0 Å². The Labute approximate surface area is 172 Å². The Morgan fingerprint density at radius 3 is 1.43 bits per heavy atom. The molecule has 2 N–H and O–H groups in total. The van der Waals surface area contributed by atoms with Crippen molar-refractivity contribution < 1.29 is 29.3 Å². The molecule has 5 aliphatic rings. The molecule has 2 aromatic rings. The number of ether oxygens (including phenoxy) is 2. The van der Waals surface area contributed by atoms with Crippen LogP contribution in [-0.2, 0) is 20.7 Å². The average molecular weight is 404 g/mol. The van der Waals surface area contributed by atoms with E-state index in [0.29, 0.717) is 22.3 Å². The van der Waals surface area contributed by atoms with Gasteiger partial charge in [0.15, 0.2) is 11.6 Å². The monoisotopic (exact) mass is 404 g/mol. The van der Waals surface area contributed by atoms with Gasteiger partial charge in [-0.05, 0) is 25.0 Å². The van der Waals surface area contributed by atoms with Gasteiger partial charge in [0, 0.05) is 11.1 Å². The highest BCUT2D eigenvalue weighted by Crippen LogP contribution is 2.81. The van der Waals surface area contributed by atoms with E-state index in [4.69, 9.17) is 9.47 Å². The van der Waals surface area contributed by atoms with Gasteiger partial charge in [0.05, 0.1) is 24.0 Å². The maximum atomic E-state index is 13.6. The Kier molecular flexibility index (Phi) is 2.66. The molecule has 2 saturated heterocycles. The summed E-state index contributed by atoms with van der Waals surface area (Å²) in [5.74, 6) is -2.30. The number of ketones is 2. The molecule has 3 aliphatic carbocycles. The molecule has 152 valence electrons. The minimum atomic E-state index is -1.54. The number of hydrogen-bond donors (Lipinski definition) is 2. The van der Waals surface area contributed by atoms with E-state index in [9.17, 15) is 19.8 Å². The second-order valence-corrected chi connectivity index (χ2v) is 9.30. The number of hydrogen-bond acceptors (Lipinski definition) is 6. The van der Waals surface area contributed by atoms with Crippen LogP contribution in [0.25, 0.3) is 0 Å². The highest BCUT2D eigenvalue weighted by atomic mass is 16.7. The quantitative estimate of drug-likeness (QED) is 0.695. The topological polar surface area (TPSA) is 93.1 Å². The molecule has 0 amide bonds. The van der Waals surface area contributed by atoms with Crippen molar-refractivity contribution in [2.24, 2.45) is 11.8 Å². The van der Waals surface area contributed by atoms with Gasteiger partial charge in [-0.15, -0.1) is 0 Å². The van der Waals surface area contributed by atoms with Crippen LogP contribution in [0.4, 0.5) is 0 Å². The van der Waals surface area contributed by atoms with E-state index in [1.165, 1.54) is 0 Å². The van der Waals surface area contributed by atoms with Crippen LogP contribution in [0, 0.1) is 11.8 Å². The summed E-state index contributed by atoms with van der Waals surface area (Å²) >= 11 is 0. The standard InChI is InChI=1S/C24H20O6/c1-11-21(27)15-9-5-3-7-13(15)19(25)17-18-20(26)14-8-4-6-10-16(14)22(28)12(2)30-24(18,22)23(17,21)29-11/h3-12,17-18,27-28H,1-2H3/t11?,12?,17-,18-,21+,22+,23+,24+/m0/s1. The zero-order chi connectivity index (χ0) is 20.8. The van der Waals surface area contributed by atoms with Gasteiger partial charge in [0.25, 0.3) is 0 Å². The van der Waals surface area contributed by atoms with Crippen molar-refractivity contribution in [1.82, 2.24) is 0 Å². The predicted octanol–water partition coefficient (Wildman–Crippen LogP) is 1.72. The molecule has 2 unspecified atom stereocenters. The van der Waals surface area contributed by atoms with Crippen molar-refractivity contribution in [3.05, 3.63) is 70.8 Å². The lowest BCUT2D eigenvalue weighted by Gasteiger charge is -2.86. The van der Waals surface area contributed by atoms with E-state index >= 15 is 0 Å². The molecule has 6 nitrogen and oxygen atoms in total. The number of rotatable bonds is 0. The summed E-state index contributed by atoms with van der Waals surface area (Å²) in [5.41, 5.74) is -4.30. The van der Waals surface area contributed by atoms with Crippen molar-refractivity contribution in [1.29, 1.82) is 0 Å². The van der Waals surface area contributed by atoms with E-state index in [1.54, 1.807) is 62.4 Å². The first-order valence-corrected chi connectivity index (χ1v) is 10.4. The maximum Gasteiger partial charge on any atom is 0.170 e. The van der Waals surface area contributed by atoms with Crippen LogP contribution < -0.4 is 0 Å². The van der Waals surface area contributed by atoms with Gasteiger partial charge in [-0.25, -0.2) is 0 Å². The lowest BCUT2D eigenvalue weighted by Crippen LogP contribution is -3.03. The van der Waals surface area contributed by atoms with Gasteiger partial charge >= 0.3 is 0 Å². The molecule has 6 heteroatoms. The van der Waals surface area contributed by atoms with E-state index in [1.807, 2.05) is 0 Å². The summed E-state index contributed by atoms with van der Waals surface area (Å²) in [6.45, 7) is 3.50. The predicted molar refractivity (Wildman–Crippen MR) is 103 cm³/mol. The van der Waals surface area contributed by atoms with E-state index in [-0.39, 0.29) is 11.6 Å². The molecule has 2 aromatic carbocycles. The average Bonchev–Trinajstić information content (AvgIpc) is 2.75. The van der Waals surface area contributed by atoms with Crippen LogP contribution in [-0.4, -0.2) is 45.2 Å². The van der Waals surface area contributed by atoms with Crippen molar-refractivity contribution in [2.75, 3.05) is 0 Å². The lowest BCUT2D eigenvalue weighted by atomic mass is 9.29. The van der Waals surface area contributed by atoms with Gasteiger partial charge in [0.1, 0.15) is 22.4 Å². The molecular formula is C24H20O6. The SMILES string of the molecule is CC1O[C@]23[C@H](C(=O)c4ccccc4[C@]12O)[C@H]1C(=O)c2ccccc2[C@]2(O)C(C)O[C@@]132. The van der Waals surface area contributed by atoms with Crippen molar-refractivity contribution in [3.63, 3.8) is 0 Å². The molecule has 0 bridgehead atoms. The minimum Gasteiger partial charge on any atom is -0.379 e. The lowest BCUT2D eigenvalue weighted by molar-refractivity contribution is -0.549. The largest absolute Gasteiger partial charge is 0.379 e. The van der Waals surface area contributed by atoms with Crippen molar-refractivity contribution in [3.8, 4) is 0 Å². The summed E-state index contributed by atoms with van der Waals surface area (Å²) in [7, 11) is 0. The second-order valence-electron chi connectivity index (χ2n) is 9.30. The number of carbonyl (C=O) groups is 2. The van der Waals surface area contributed by atoms with Crippen LogP contribution in [0.2, 0.25) is 0 Å². The van der Waals surface area contributed by atoms with Crippen LogP contribution >= 0.6 is 0 Å². The zero-order valence-electron chi connectivity index (χ0n) is 16.5. The summed E-state index contributed by atoms with van der Waals surface area (Å²) < 4.78 is 12.4. The third-order valence-electron chi connectivity index (χ3n) is 8.57. The normalized spacial score (nSPS) is 49.1. The number of fused-ring (bicyclic) bond motifs is 5. The highest BCUT2D eigenvalue weighted by Gasteiger charge is 2.99. The summed E-state index contributed by atoms with van der Waals surface area (Å²) in [6, 6.07) is 13.9. The molecular weight excluding hydrogens is 384 g/mol. The second kappa shape index (κ2) is 4.60. The van der Waals surface area contributed by atoms with Crippen LogP contribution in [0.3, 0.4) is 0 Å². The number of benzene rings is 2. The summed E-state index contributed by atoms with van der Waals surface area (Å²) in [4.78, 5) is 27.2. The summed E-state index contributed by atoms with van der Waals surface area (Å²) in [6.07, 6.45) is -1.22. The van der Waals surface area contributed by atoms with Crippen LogP contribution in [0.1, 0.15) is 45.7 Å². The fourth-order valence-electron chi connectivity index (χ4n) is 7.50. The molecule has 0 radical (unpaired) electrons. The number of Topliss-reactive ketones (excluding diaryl/α,β-unsaturated/α-hetero) is 2. The zero-order valence-corrected chi connectivity index (χ0v) is 16.5. The number of aliphatic hydroxyl groups is 2. The maximum absolute atomic E-state index is 13.6. The van der Waals surface area contributed by atoms with Gasteiger partial charge in [-0.1, -0.05) is 48.5 Å². The smallest absolute Gasteiger partial charge is 0.170 e. The van der Waals surface area contributed by atoms with Gasteiger partial charge in [-0.2, -0.15) is 0 Å². The number of carbonyl (C=O) groups excluding carboxylic acids is 2. The first-order valence-electron chi connectivity index (χ1n) is 10.4. The summed E-state index contributed by atoms with van der Waals surface area (Å²) in [5, 5.41) is 24.1. The fourth-order valence-corrected chi connectivity index (χ4v) is 7.50. The molecule has 8 atom stereocenters. The van der Waals surface area contributed by atoms with Crippen molar-refractivity contribution in [2.45, 2.75) is 48.5 Å². The molecule has 2 spiro atoms. The van der Waals surface area contributed by atoms with Crippen LogP contribution in [0.5, 0.6) is 0 Å². The fraction of sp³-hybridized carbons (Fsp3) is 0.417. The first-order chi connectivity index (χ1) is 14.3. The third-order valence-corrected chi connectivity index (χ3v) is 8.57. The Morgan fingerprint density at radius 1 is 0.700 bits per heavy atom. The molecule has 30 heavy (non-hydrogen) atoms. The minimum absolute atomic E-state index is 0.240. The highest BCUT2D eigenvalue weighted by molar-refractivity contribution is 6.12. The molecule has 0 aromatic heterocycles. The van der Waals surface area contributed by atoms with Crippen molar-refractivity contribution >= 4 is 11.6 Å². The Morgan fingerprint density at radius 2 is 1.07 bits per heavy atom. The van der Waals surface area contributed by atoms with Gasteiger partial charge in [-0.3, -0.25) is 9.59 Å². The molecule has 3 fully saturated rings. The van der Waals surface area contributed by atoms with Crippen LogP contribution in [0.15, 0.2) is 48.5 Å². The molecule has 2 aliphatic heterocycles. The molecule has 7 rings (SSSR count). The Balaban J connectivity index is 1.57. The van der Waals surface area contributed by atoms with Gasteiger partial charge < -0.3 is 19.7 Å². The molecule has 2 heterocycles. The van der Waals surface area contributed by atoms with E-state index < -0.39 is 46.4 Å². The van der Waals surface area contributed by atoms with Gasteiger partial charge in [0.2, 0.25) is 0 Å². The third kappa shape index (κ3) is 1.22. The Hall–Kier alpha value is -2.38. The Bertz CT molecular complexity index is 1110. The van der Waals surface area contributed by atoms with E-state index in [0.717, 1.165) is 0 Å². The first kappa shape index (κ1) is 17.3. The molecule has 1 saturated carbocycles.